The van der Waals surface area contributed by atoms with Gasteiger partial charge in [-0.2, -0.15) is 0 Å². The number of fused-ring (bicyclic) bond motifs is 1. The second kappa shape index (κ2) is 8.67. The summed E-state index contributed by atoms with van der Waals surface area (Å²) in [4.78, 5) is 31.5. The quantitative estimate of drug-likeness (QED) is 0.477. The molecule has 0 aliphatic heterocycles. The monoisotopic (exact) mass is 413 g/mol. The van der Waals surface area contributed by atoms with Crippen LogP contribution in [0.5, 0.6) is 0 Å². The summed E-state index contributed by atoms with van der Waals surface area (Å²) in [6.07, 6.45) is 0.828. The van der Waals surface area contributed by atoms with Crippen LogP contribution < -0.4 is 9.80 Å². The topological polar surface area (TPSA) is 80.8 Å². The van der Waals surface area contributed by atoms with Crippen molar-refractivity contribution in [3.63, 3.8) is 0 Å². The van der Waals surface area contributed by atoms with Crippen molar-refractivity contribution in [3.05, 3.63) is 63.2 Å². The van der Waals surface area contributed by atoms with Crippen molar-refractivity contribution in [2.75, 3.05) is 32.1 Å². The first-order chi connectivity index (χ1) is 13.8. The summed E-state index contributed by atoms with van der Waals surface area (Å²) in [6.45, 7) is 5.55. The van der Waals surface area contributed by atoms with Crippen LogP contribution in [0, 0.1) is 24.0 Å². The highest BCUT2D eigenvalue weighted by Gasteiger charge is 2.22. The first-order valence-electron chi connectivity index (χ1n) is 9.50. The molecule has 0 radical (unpaired) electrons. The second-order valence-corrected chi connectivity index (χ2v) is 8.43. The molecule has 1 N–H and O–H groups in total. The van der Waals surface area contributed by atoms with Gasteiger partial charge in [0.2, 0.25) is 0 Å². The highest BCUT2D eigenvalue weighted by Crippen LogP contribution is 2.32. The van der Waals surface area contributed by atoms with Gasteiger partial charge in [0.05, 0.1) is 35.8 Å². The lowest BCUT2D eigenvalue weighted by atomic mass is 10.1. The minimum Gasteiger partial charge on any atom is -0.340 e. The fraction of sp³-hybridized carbons (Fsp3) is 0.333. The van der Waals surface area contributed by atoms with Gasteiger partial charge in [-0.05, 0) is 43.2 Å². The molecule has 2 aromatic carbocycles. The van der Waals surface area contributed by atoms with Gasteiger partial charge in [-0.1, -0.05) is 17.4 Å². The van der Waals surface area contributed by atoms with Crippen LogP contribution in [0.25, 0.3) is 10.2 Å². The zero-order valence-electron chi connectivity index (χ0n) is 17.1. The van der Waals surface area contributed by atoms with Crippen molar-refractivity contribution < 1.29 is 14.6 Å². The molecule has 29 heavy (non-hydrogen) atoms. The predicted octanol–water partition coefficient (Wildman–Crippen LogP) is 3.00. The minimum absolute atomic E-state index is 0.0320. The Bertz CT molecular complexity index is 1040. The Balaban J connectivity index is 1.96. The maximum Gasteiger partial charge on any atom is 0.269 e. The molecule has 0 aliphatic carbocycles. The number of nitrogens with one attached hydrogen (secondary N) is 1. The summed E-state index contributed by atoms with van der Waals surface area (Å²) in [6, 6.07) is 9.85. The third kappa shape index (κ3) is 4.60. The Labute approximate surface area is 173 Å². The predicted molar refractivity (Wildman–Crippen MR) is 116 cm³/mol. The summed E-state index contributed by atoms with van der Waals surface area (Å²) in [5, 5.41) is 11.6. The van der Waals surface area contributed by atoms with Crippen LogP contribution in [0.1, 0.15) is 27.9 Å². The number of carbonyl (C=O) groups excluding carboxylic acids is 1. The smallest absolute Gasteiger partial charge is 0.269 e. The summed E-state index contributed by atoms with van der Waals surface area (Å²) in [5.74, 6) is -0.193. The summed E-state index contributed by atoms with van der Waals surface area (Å²) < 4.78 is 1.04. The normalized spacial score (nSPS) is 11.2. The van der Waals surface area contributed by atoms with Crippen molar-refractivity contribution in [2.24, 2.45) is 0 Å². The molecular formula is C21H25N4O3S+. The van der Waals surface area contributed by atoms with Crippen LogP contribution in [0.2, 0.25) is 0 Å². The number of hydrogen-bond donors (Lipinski definition) is 1. The molecule has 8 heteroatoms. The van der Waals surface area contributed by atoms with E-state index in [1.54, 1.807) is 4.90 Å². The Kier molecular flexibility index (Phi) is 6.24. The lowest BCUT2D eigenvalue weighted by molar-refractivity contribution is -0.858. The van der Waals surface area contributed by atoms with Gasteiger partial charge in [0.15, 0.2) is 5.13 Å². The number of hydrogen-bond acceptors (Lipinski definition) is 5. The van der Waals surface area contributed by atoms with Gasteiger partial charge in [-0.3, -0.25) is 19.8 Å². The first kappa shape index (κ1) is 20.9. The van der Waals surface area contributed by atoms with E-state index in [9.17, 15) is 14.9 Å². The van der Waals surface area contributed by atoms with E-state index in [4.69, 9.17) is 4.98 Å². The van der Waals surface area contributed by atoms with Crippen LogP contribution in [0.4, 0.5) is 10.8 Å². The Morgan fingerprint density at radius 3 is 2.48 bits per heavy atom. The van der Waals surface area contributed by atoms with Gasteiger partial charge in [0.25, 0.3) is 11.6 Å². The fourth-order valence-electron chi connectivity index (χ4n) is 3.09. The van der Waals surface area contributed by atoms with Crippen LogP contribution in [0.15, 0.2) is 36.4 Å². The van der Waals surface area contributed by atoms with Crippen molar-refractivity contribution in [3.8, 4) is 0 Å². The van der Waals surface area contributed by atoms with Gasteiger partial charge in [0, 0.05) is 30.7 Å². The van der Waals surface area contributed by atoms with E-state index in [2.05, 4.69) is 20.2 Å². The van der Waals surface area contributed by atoms with Gasteiger partial charge in [-0.25, -0.2) is 4.98 Å². The van der Waals surface area contributed by atoms with Gasteiger partial charge in [0.1, 0.15) is 0 Å². The van der Waals surface area contributed by atoms with E-state index < -0.39 is 4.92 Å². The van der Waals surface area contributed by atoms with E-state index in [1.807, 2.05) is 19.9 Å². The van der Waals surface area contributed by atoms with Crippen molar-refractivity contribution in [2.45, 2.75) is 20.3 Å². The van der Waals surface area contributed by atoms with Crippen LogP contribution in [-0.4, -0.2) is 43.0 Å². The largest absolute Gasteiger partial charge is 0.340 e. The molecule has 0 atom stereocenters. The number of non-ortho nitro benzene ring substituents is 1. The van der Waals surface area contributed by atoms with Crippen molar-refractivity contribution >= 4 is 38.3 Å². The Morgan fingerprint density at radius 1 is 1.17 bits per heavy atom. The molecule has 0 unspecified atom stereocenters. The number of quaternary nitrogens is 1. The standard InChI is InChI=1S/C21H24N4O3S/c1-14-6-11-18-19(15(14)2)22-21(29-18)24(13-5-12-23(3)4)20(26)16-7-9-17(10-8-16)25(27)28/h6-11H,5,12-13H2,1-4H3/p+1. The number of nitro benzene ring substituents is 1. The number of aryl methyl sites for hydroxylation is 2. The number of benzene rings is 2. The number of aromatic nitrogens is 1. The molecule has 1 aromatic heterocycles. The van der Waals surface area contributed by atoms with Crippen LogP contribution >= 0.6 is 11.3 Å². The van der Waals surface area contributed by atoms with Gasteiger partial charge < -0.3 is 4.90 Å². The SMILES string of the molecule is Cc1ccc2sc(N(CCC[NH+](C)C)C(=O)c3ccc([N+](=O)[O-])cc3)nc2c1C. The fourth-order valence-corrected chi connectivity index (χ4v) is 4.14. The molecule has 1 amide bonds. The lowest BCUT2D eigenvalue weighted by Crippen LogP contribution is -3.05. The average molecular weight is 414 g/mol. The molecule has 0 bridgehead atoms. The third-order valence-corrected chi connectivity index (χ3v) is 5.98. The average Bonchev–Trinajstić information content (AvgIpc) is 3.12. The number of carbonyl (C=O) groups is 1. The van der Waals surface area contributed by atoms with Crippen molar-refractivity contribution in [1.82, 2.24) is 4.98 Å². The molecule has 0 fully saturated rings. The van der Waals surface area contributed by atoms with E-state index in [0.29, 0.717) is 17.2 Å². The third-order valence-electron chi connectivity index (χ3n) is 4.93. The molecule has 0 saturated carbocycles. The number of amides is 1. The highest BCUT2D eigenvalue weighted by atomic mass is 32.1. The van der Waals surface area contributed by atoms with E-state index in [0.717, 1.165) is 28.7 Å². The second-order valence-electron chi connectivity index (χ2n) is 7.42. The number of rotatable bonds is 7. The lowest BCUT2D eigenvalue weighted by Gasteiger charge is -2.20. The van der Waals surface area contributed by atoms with E-state index in [1.165, 1.54) is 46.1 Å². The number of nitro groups is 1. The molecule has 3 rings (SSSR count). The molecule has 0 saturated heterocycles. The zero-order chi connectivity index (χ0) is 21.1. The summed E-state index contributed by atoms with van der Waals surface area (Å²) >= 11 is 1.50. The first-order valence-corrected chi connectivity index (χ1v) is 10.3. The summed E-state index contributed by atoms with van der Waals surface area (Å²) in [7, 11) is 4.15. The minimum atomic E-state index is -0.468. The molecule has 152 valence electrons. The number of nitrogens with zero attached hydrogens (tertiary/aromatic N) is 3. The maximum absolute atomic E-state index is 13.2. The number of thiazole rings is 1. The molecule has 0 aliphatic rings. The molecule has 3 aromatic rings. The summed E-state index contributed by atoms with van der Waals surface area (Å²) in [5.41, 5.74) is 3.59. The van der Waals surface area contributed by atoms with Crippen LogP contribution in [-0.2, 0) is 0 Å². The van der Waals surface area contributed by atoms with Crippen molar-refractivity contribution in [1.29, 1.82) is 0 Å². The maximum atomic E-state index is 13.2. The highest BCUT2D eigenvalue weighted by molar-refractivity contribution is 7.22. The van der Waals surface area contributed by atoms with Gasteiger partial charge in [-0.15, -0.1) is 0 Å². The Hall–Kier alpha value is -2.84. The molecular weight excluding hydrogens is 388 g/mol. The molecule has 1 heterocycles. The molecule has 0 spiro atoms. The van der Waals surface area contributed by atoms with Crippen LogP contribution in [0.3, 0.4) is 0 Å². The van der Waals surface area contributed by atoms with Gasteiger partial charge >= 0.3 is 0 Å². The van der Waals surface area contributed by atoms with E-state index in [-0.39, 0.29) is 11.6 Å². The van der Waals surface area contributed by atoms with E-state index >= 15 is 0 Å². The molecule has 7 nitrogen and oxygen atoms in total. The Morgan fingerprint density at radius 2 is 1.86 bits per heavy atom. The zero-order valence-corrected chi connectivity index (χ0v) is 17.9. The number of anilines is 1.